The smallest absolute Gasteiger partial charge is 0.338 e. The second kappa shape index (κ2) is 6.67. The second-order valence-electron chi connectivity index (χ2n) is 4.88. The van der Waals surface area contributed by atoms with Gasteiger partial charge in [0.15, 0.2) is 5.11 Å². The maximum absolute atomic E-state index is 12.0. The predicted octanol–water partition coefficient (Wildman–Crippen LogP) is 2.25. The lowest BCUT2D eigenvalue weighted by molar-refractivity contribution is -0.117. The highest BCUT2D eigenvalue weighted by molar-refractivity contribution is 7.80. The first kappa shape index (κ1) is 15.4. The summed E-state index contributed by atoms with van der Waals surface area (Å²) in [7, 11) is 0. The number of carbonyl (C=O) groups is 2. The molecular formula is C15H18N2O3S. The molecule has 0 radical (unpaired) electrons. The first-order valence-electron chi connectivity index (χ1n) is 6.96. The van der Waals surface area contributed by atoms with E-state index >= 15 is 0 Å². The van der Waals surface area contributed by atoms with Gasteiger partial charge in [0.2, 0.25) is 0 Å². The Bertz CT molecular complexity index is 557. The third kappa shape index (κ3) is 3.39. The van der Waals surface area contributed by atoms with Gasteiger partial charge in [-0.15, -0.1) is 0 Å². The van der Waals surface area contributed by atoms with Gasteiger partial charge in [0.25, 0.3) is 5.91 Å². The molecule has 0 bridgehead atoms. The van der Waals surface area contributed by atoms with Gasteiger partial charge in [0.05, 0.1) is 17.9 Å². The molecule has 0 aromatic heterocycles. The van der Waals surface area contributed by atoms with Crippen LogP contribution in [0.4, 0.5) is 5.69 Å². The topological polar surface area (TPSA) is 58.6 Å². The highest BCUT2D eigenvalue weighted by Crippen LogP contribution is 2.20. The van der Waals surface area contributed by atoms with Crippen LogP contribution in [-0.4, -0.2) is 29.6 Å². The summed E-state index contributed by atoms with van der Waals surface area (Å²) in [5.41, 5.74) is 1.11. The van der Waals surface area contributed by atoms with E-state index in [1.807, 2.05) is 6.92 Å². The van der Waals surface area contributed by atoms with Gasteiger partial charge in [-0.3, -0.25) is 9.69 Å². The number of amides is 1. The molecule has 1 aromatic carbocycles. The van der Waals surface area contributed by atoms with Crippen molar-refractivity contribution in [2.24, 2.45) is 0 Å². The van der Waals surface area contributed by atoms with E-state index in [0.717, 1.165) is 12.8 Å². The number of hydrogen-bond acceptors (Lipinski definition) is 4. The van der Waals surface area contributed by atoms with Crippen LogP contribution in [0.3, 0.4) is 0 Å². The van der Waals surface area contributed by atoms with Crippen molar-refractivity contribution >= 4 is 34.9 Å². The normalized spacial score (nSPS) is 17.8. The first-order valence-corrected chi connectivity index (χ1v) is 7.37. The fourth-order valence-corrected chi connectivity index (χ4v) is 2.36. The van der Waals surface area contributed by atoms with Crippen molar-refractivity contribution < 1.29 is 14.3 Å². The third-order valence-corrected chi connectivity index (χ3v) is 3.53. The summed E-state index contributed by atoms with van der Waals surface area (Å²) in [6.45, 7) is 4.22. The molecule has 0 spiro atoms. The average Bonchev–Trinajstić information content (AvgIpc) is 2.72. The highest BCUT2D eigenvalue weighted by Gasteiger charge is 2.33. The number of esters is 1. The van der Waals surface area contributed by atoms with Gasteiger partial charge in [0, 0.05) is 0 Å². The van der Waals surface area contributed by atoms with E-state index in [1.165, 1.54) is 4.90 Å². The summed E-state index contributed by atoms with van der Waals surface area (Å²) in [6, 6.07) is 6.35. The number of nitrogens with zero attached hydrogens (tertiary/aromatic N) is 1. The van der Waals surface area contributed by atoms with E-state index in [1.54, 1.807) is 31.2 Å². The summed E-state index contributed by atoms with van der Waals surface area (Å²) >= 11 is 5.13. The molecule has 21 heavy (non-hydrogen) atoms. The summed E-state index contributed by atoms with van der Waals surface area (Å²) < 4.78 is 5.14. The van der Waals surface area contributed by atoms with Crippen LogP contribution in [0.2, 0.25) is 0 Å². The molecule has 1 aliphatic heterocycles. The average molecular weight is 306 g/mol. The van der Waals surface area contributed by atoms with E-state index < -0.39 is 0 Å². The Kier molecular flexibility index (Phi) is 4.90. The van der Waals surface area contributed by atoms with Crippen molar-refractivity contribution in [3.8, 4) is 0 Å². The molecule has 2 rings (SSSR count). The van der Waals surface area contributed by atoms with E-state index in [4.69, 9.17) is 17.0 Å². The Morgan fingerprint density at radius 3 is 2.57 bits per heavy atom. The fraction of sp³-hybridized carbons (Fsp3) is 0.400. The van der Waals surface area contributed by atoms with Crippen LogP contribution in [0.15, 0.2) is 24.3 Å². The monoisotopic (exact) mass is 306 g/mol. The Morgan fingerprint density at radius 1 is 1.38 bits per heavy atom. The molecule has 1 N–H and O–H groups in total. The third-order valence-electron chi connectivity index (χ3n) is 3.23. The minimum absolute atomic E-state index is 0.0988. The first-order chi connectivity index (χ1) is 10.0. The molecule has 1 aromatic rings. The molecule has 1 amide bonds. The van der Waals surface area contributed by atoms with Crippen molar-refractivity contribution in [3.63, 3.8) is 0 Å². The van der Waals surface area contributed by atoms with Crippen molar-refractivity contribution in [2.45, 2.75) is 32.7 Å². The molecule has 1 atom stereocenters. The van der Waals surface area contributed by atoms with Gasteiger partial charge in [-0.25, -0.2) is 4.79 Å². The van der Waals surface area contributed by atoms with Gasteiger partial charge in [0.1, 0.15) is 6.04 Å². The van der Waals surface area contributed by atoms with Crippen LogP contribution in [0.5, 0.6) is 0 Å². The minimum Gasteiger partial charge on any atom is -0.462 e. The van der Waals surface area contributed by atoms with Crippen molar-refractivity contribution in [1.29, 1.82) is 0 Å². The molecule has 0 saturated carbocycles. The van der Waals surface area contributed by atoms with Gasteiger partial charge in [-0.2, -0.15) is 0 Å². The second-order valence-corrected chi connectivity index (χ2v) is 5.27. The van der Waals surface area contributed by atoms with Crippen LogP contribution >= 0.6 is 12.2 Å². The molecule has 1 heterocycles. The summed E-state index contributed by atoms with van der Waals surface area (Å²) in [6.07, 6.45) is 1.83. The highest BCUT2D eigenvalue weighted by atomic mass is 32.1. The fourth-order valence-electron chi connectivity index (χ4n) is 1.99. The number of benzene rings is 1. The van der Waals surface area contributed by atoms with Crippen molar-refractivity contribution in [3.05, 3.63) is 29.8 Å². The lowest BCUT2D eigenvalue weighted by Crippen LogP contribution is -2.30. The summed E-state index contributed by atoms with van der Waals surface area (Å²) in [4.78, 5) is 25.2. The van der Waals surface area contributed by atoms with Gasteiger partial charge < -0.3 is 10.1 Å². The predicted molar refractivity (Wildman–Crippen MR) is 84.3 cm³/mol. The number of carbonyl (C=O) groups excluding carboxylic acids is 2. The molecule has 1 fully saturated rings. The molecule has 6 heteroatoms. The van der Waals surface area contributed by atoms with Crippen LogP contribution in [0.1, 0.15) is 37.0 Å². The SMILES string of the molecule is CCCCOC(=O)c1ccc(N2C(=O)[C@@H](C)NC2=S)cc1. The number of anilines is 1. The molecule has 112 valence electrons. The zero-order valence-corrected chi connectivity index (χ0v) is 12.9. The summed E-state index contributed by atoms with van der Waals surface area (Å²) in [5.74, 6) is -0.449. The van der Waals surface area contributed by atoms with E-state index in [9.17, 15) is 9.59 Å². The largest absolute Gasteiger partial charge is 0.462 e. The van der Waals surface area contributed by atoms with E-state index in [0.29, 0.717) is 23.0 Å². The summed E-state index contributed by atoms with van der Waals surface area (Å²) in [5, 5.41) is 3.28. The standard InChI is InChI=1S/C15H18N2O3S/c1-3-4-9-20-14(19)11-5-7-12(8-6-11)17-13(18)10(2)16-15(17)21/h5-8,10H,3-4,9H2,1-2H3,(H,16,21)/t10-/m1/s1. The zero-order valence-electron chi connectivity index (χ0n) is 12.1. The van der Waals surface area contributed by atoms with Gasteiger partial charge in [-0.05, 0) is 49.8 Å². The van der Waals surface area contributed by atoms with Crippen molar-refractivity contribution in [1.82, 2.24) is 5.32 Å². The molecule has 0 unspecified atom stereocenters. The molecular weight excluding hydrogens is 288 g/mol. The van der Waals surface area contributed by atoms with Crippen LogP contribution in [-0.2, 0) is 9.53 Å². The Hall–Kier alpha value is -1.95. The van der Waals surface area contributed by atoms with Crippen LogP contribution in [0, 0.1) is 0 Å². The maximum Gasteiger partial charge on any atom is 0.338 e. The Labute approximate surface area is 129 Å². The lowest BCUT2D eigenvalue weighted by atomic mass is 10.2. The zero-order chi connectivity index (χ0) is 15.4. The number of rotatable bonds is 5. The van der Waals surface area contributed by atoms with Crippen molar-refractivity contribution in [2.75, 3.05) is 11.5 Å². The molecule has 1 saturated heterocycles. The number of ether oxygens (including phenoxy) is 1. The van der Waals surface area contributed by atoms with E-state index in [-0.39, 0.29) is 17.9 Å². The lowest BCUT2D eigenvalue weighted by Gasteiger charge is -2.15. The van der Waals surface area contributed by atoms with Gasteiger partial charge >= 0.3 is 5.97 Å². The van der Waals surface area contributed by atoms with E-state index in [2.05, 4.69) is 5.32 Å². The number of thiocarbonyl (C=S) groups is 1. The molecule has 0 aliphatic carbocycles. The minimum atomic E-state index is -0.350. The van der Waals surface area contributed by atoms with Crippen LogP contribution < -0.4 is 10.2 Å². The molecule has 1 aliphatic rings. The number of unbranched alkanes of at least 4 members (excludes halogenated alkanes) is 1. The maximum atomic E-state index is 12.0. The Morgan fingerprint density at radius 2 is 2.05 bits per heavy atom. The van der Waals surface area contributed by atoms with Crippen LogP contribution in [0.25, 0.3) is 0 Å². The number of hydrogen-bond donors (Lipinski definition) is 1. The van der Waals surface area contributed by atoms with Gasteiger partial charge in [-0.1, -0.05) is 13.3 Å². The number of nitrogens with one attached hydrogen (secondary N) is 1. The quantitative estimate of drug-likeness (QED) is 0.514. The molecule has 5 nitrogen and oxygen atoms in total. The Balaban J connectivity index is 2.07.